The first-order valence-electron chi connectivity index (χ1n) is 7.57. The minimum atomic E-state index is -0.354. The zero-order chi connectivity index (χ0) is 17.1. The number of carbonyl (C=O) groups is 3. The number of hydrogen-bond acceptors (Lipinski definition) is 5. The molecular weight excluding hydrogens is 308 g/mol. The van der Waals surface area contributed by atoms with Gasteiger partial charge in [-0.25, -0.2) is 0 Å². The van der Waals surface area contributed by atoms with Crippen molar-refractivity contribution in [2.24, 2.45) is 0 Å². The molecule has 0 saturated carbocycles. The highest BCUT2D eigenvalue weighted by Crippen LogP contribution is 2.22. The quantitative estimate of drug-likeness (QED) is 0.831. The molecule has 0 atom stereocenters. The maximum atomic E-state index is 12.2. The van der Waals surface area contributed by atoms with Gasteiger partial charge in [0, 0.05) is 13.0 Å². The van der Waals surface area contributed by atoms with Gasteiger partial charge in [0.05, 0.1) is 29.1 Å². The Morgan fingerprint density at radius 3 is 2.29 bits per heavy atom. The zero-order valence-corrected chi connectivity index (χ0v) is 13.2. The van der Waals surface area contributed by atoms with Crippen LogP contribution in [0.15, 0.2) is 36.4 Å². The Bertz CT molecular complexity index is 767. The summed E-state index contributed by atoms with van der Waals surface area (Å²) in [6, 6.07) is 10.3. The van der Waals surface area contributed by atoms with Gasteiger partial charge in [0.1, 0.15) is 0 Å². The van der Waals surface area contributed by atoms with Gasteiger partial charge in [0.25, 0.3) is 11.8 Å². The van der Waals surface area contributed by atoms with Crippen LogP contribution in [0.25, 0.3) is 0 Å². The number of aromatic nitrogens is 2. The van der Waals surface area contributed by atoms with E-state index in [-0.39, 0.29) is 37.2 Å². The van der Waals surface area contributed by atoms with Gasteiger partial charge in [-0.05, 0) is 31.2 Å². The van der Waals surface area contributed by atoms with Gasteiger partial charge < -0.3 is 5.32 Å². The van der Waals surface area contributed by atoms with Gasteiger partial charge in [-0.15, -0.1) is 0 Å². The molecule has 24 heavy (non-hydrogen) atoms. The molecule has 0 fully saturated rings. The topological polar surface area (TPSA) is 92.3 Å². The fourth-order valence-electron chi connectivity index (χ4n) is 2.45. The largest absolute Gasteiger partial charge is 0.350 e. The van der Waals surface area contributed by atoms with Crippen LogP contribution < -0.4 is 5.32 Å². The SMILES string of the molecule is Cc1ccc(CNC(=O)CCN2C(=O)c3ccccc3C2=O)nn1. The van der Waals surface area contributed by atoms with Gasteiger partial charge >= 0.3 is 0 Å². The lowest BCUT2D eigenvalue weighted by Crippen LogP contribution is -2.34. The second-order valence-corrected chi connectivity index (χ2v) is 5.50. The molecule has 2 aromatic rings. The summed E-state index contributed by atoms with van der Waals surface area (Å²) < 4.78 is 0. The summed E-state index contributed by atoms with van der Waals surface area (Å²) in [5, 5.41) is 10.6. The average molecular weight is 324 g/mol. The molecule has 1 aliphatic heterocycles. The van der Waals surface area contributed by atoms with E-state index in [1.807, 2.05) is 13.0 Å². The number of rotatable bonds is 5. The first-order valence-corrected chi connectivity index (χ1v) is 7.57. The predicted molar refractivity (Wildman–Crippen MR) is 85.0 cm³/mol. The number of imide groups is 1. The third kappa shape index (κ3) is 3.15. The summed E-state index contributed by atoms with van der Waals surface area (Å²) in [4.78, 5) is 37.4. The van der Waals surface area contributed by atoms with Crippen LogP contribution in [0.4, 0.5) is 0 Å². The van der Waals surface area contributed by atoms with Crippen molar-refractivity contribution >= 4 is 17.7 Å². The Hall–Kier alpha value is -3.09. The number of fused-ring (bicyclic) bond motifs is 1. The molecule has 122 valence electrons. The summed E-state index contributed by atoms with van der Waals surface area (Å²) in [6.07, 6.45) is 0.0464. The average Bonchev–Trinajstić information content (AvgIpc) is 2.84. The molecule has 0 bridgehead atoms. The van der Waals surface area contributed by atoms with Crippen molar-refractivity contribution in [3.63, 3.8) is 0 Å². The molecule has 0 unspecified atom stereocenters. The lowest BCUT2D eigenvalue weighted by Gasteiger charge is -2.13. The van der Waals surface area contributed by atoms with Crippen LogP contribution in [0, 0.1) is 6.92 Å². The Kier molecular flexibility index (Phi) is 4.33. The normalized spacial score (nSPS) is 13.1. The Balaban J connectivity index is 1.53. The van der Waals surface area contributed by atoms with Crippen LogP contribution in [0.1, 0.15) is 38.5 Å². The van der Waals surface area contributed by atoms with Crippen molar-refractivity contribution in [2.45, 2.75) is 19.9 Å². The molecule has 0 saturated heterocycles. The number of aryl methyl sites for hydroxylation is 1. The summed E-state index contributed by atoms with van der Waals surface area (Å²) >= 11 is 0. The Labute approximate surface area is 138 Å². The number of amides is 3. The van der Waals surface area contributed by atoms with Crippen LogP contribution in [-0.2, 0) is 11.3 Å². The van der Waals surface area contributed by atoms with Crippen molar-refractivity contribution in [2.75, 3.05) is 6.54 Å². The number of hydrogen-bond donors (Lipinski definition) is 1. The van der Waals surface area contributed by atoms with Gasteiger partial charge in [-0.1, -0.05) is 12.1 Å². The van der Waals surface area contributed by atoms with E-state index in [2.05, 4.69) is 15.5 Å². The van der Waals surface area contributed by atoms with Crippen LogP contribution in [0.3, 0.4) is 0 Å². The van der Waals surface area contributed by atoms with Gasteiger partial charge in [-0.2, -0.15) is 10.2 Å². The van der Waals surface area contributed by atoms with E-state index in [0.717, 1.165) is 10.6 Å². The summed E-state index contributed by atoms with van der Waals surface area (Å²) in [5.41, 5.74) is 2.22. The second kappa shape index (κ2) is 6.57. The highest BCUT2D eigenvalue weighted by Gasteiger charge is 2.34. The summed E-state index contributed by atoms with van der Waals surface area (Å²) in [6.45, 7) is 2.14. The molecule has 1 aliphatic rings. The molecule has 0 radical (unpaired) electrons. The minimum absolute atomic E-state index is 0.0464. The van der Waals surface area contributed by atoms with E-state index in [1.54, 1.807) is 30.3 Å². The second-order valence-electron chi connectivity index (χ2n) is 5.50. The molecule has 1 aromatic heterocycles. The molecule has 0 aliphatic carbocycles. The maximum absolute atomic E-state index is 12.2. The van der Waals surface area contributed by atoms with E-state index in [1.165, 1.54) is 0 Å². The maximum Gasteiger partial charge on any atom is 0.261 e. The van der Waals surface area contributed by atoms with Gasteiger partial charge in [0.15, 0.2) is 0 Å². The molecule has 1 N–H and O–H groups in total. The van der Waals surface area contributed by atoms with Crippen LogP contribution in [0.2, 0.25) is 0 Å². The van der Waals surface area contributed by atoms with Crippen molar-refractivity contribution < 1.29 is 14.4 Å². The van der Waals surface area contributed by atoms with Gasteiger partial charge in [-0.3, -0.25) is 19.3 Å². The van der Waals surface area contributed by atoms with E-state index in [9.17, 15) is 14.4 Å². The fraction of sp³-hybridized carbons (Fsp3) is 0.235. The molecular formula is C17H16N4O3. The highest BCUT2D eigenvalue weighted by atomic mass is 16.2. The lowest BCUT2D eigenvalue weighted by molar-refractivity contribution is -0.121. The number of benzene rings is 1. The van der Waals surface area contributed by atoms with E-state index in [4.69, 9.17) is 0 Å². The van der Waals surface area contributed by atoms with Crippen molar-refractivity contribution in [1.82, 2.24) is 20.4 Å². The van der Waals surface area contributed by atoms with Crippen LogP contribution in [0.5, 0.6) is 0 Å². The standard InChI is InChI=1S/C17H16N4O3/c1-11-6-7-12(20-19-11)10-18-15(22)8-9-21-16(23)13-4-2-3-5-14(13)17(21)24/h2-7H,8-10H2,1H3,(H,18,22). The zero-order valence-electron chi connectivity index (χ0n) is 13.2. The van der Waals surface area contributed by atoms with E-state index < -0.39 is 0 Å². The first-order chi connectivity index (χ1) is 11.6. The smallest absolute Gasteiger partial charge is 0.261 e. The minimum Gasteiger partial charge on any atom is -0.350 e. The highest BCUT2D eigenvalue weighted by molar-refractivity contribution is 6.21. The van der Waals surface area contributed by atoms with E-state index >= 15 is 0 Å². The number of nitrogens with zero attached hydrogens (tertiary/aromatic N) is 3. The molecule has 7 nitrogen and oxygen atoms in total. The summed E-state index contributed by atoms with van der Waals surface area (Å²) in [5.74, 6) is -0.963. The molecule has 2 heterocycles. The third-order valence-electron chi connectivity index (χ3n) is 3.76. The lowest BCUT2D eigenvalue weighted by atomic mass is 10.1. The van der Waals surface area contributed by atoms with Crippen molar-refractivity contribution in [3.05, 3.63) is 58.9 Å². The number of carbonyl (C=O) groups excluding carboxylic acids is 3. The van der Waals surface area contributed by atoms with Crippen LogP contribution in [-0.4, -0.2) is 39.4 Å². The molecule has 3 amide bonds. The molecule has 0 spiro atoms. The van der Waals surface area contributed by atoms with Crippen molar-refractivity contribution in [3.8, 4) is 0 Å². The molecule has 3 rings (SSSR count). The fourth-order valence-corrected chi connectivity index (χ4v) is 2.45. The van der Waals surface area contributed by atoms with Crippen molar-refractivity contribution in [1.29, 1.82) is 0 Å². The van der Waals surface area contributed by atoms with E-state index in [0.29, 0.717) is 16.8 Å². The monoisotopic (exact) mass is 324 g/mol. The first kappa shape index (κ1) is 15.8. The third-order valence-corrected chi connectivity index (χ3v) is 3.76. The van der Waals surface area contributed by atoms with Crippen LogP contribution >= 0.6 is 0 Å². The Morgan fingerprint density at radius 2 is 1.71 bits per heavy atom. The number of nitrogens with one attached hydrogen (secondary N) is 1. The Morgan fingerprint density at radius 1 is 1.04 bits per heavy atom. The molecule has 7 heteroatoms. The van der Waals surface area contributed by atoms with Gasteiger partial charge in [0.2, 0.25) is 5.91 Å². The predicted octanol–water partition coefficient (Wildman–Crippen LogP) is 1.09. The summed E-state index contributed by atoms with van der Waals surface area (Å²) in [7, 11) is 0. The molecule has 1 aromatic carbocycles.